The molecule has 6 heteroatoms. The van der Waals surface area contributed by atoms with E-state index in [0.717, 1.165) is 0 Å². The van der Waals surface area contributed by atoms with Gasteiger partial charge in [-0.25, -0.2) is 0 Å². The van der Waals surface area contributed by atoms with E-state index in [9.17, 15) is 9.59 Å². The Labute approximate surface area is 138 Å². The number of carbonyl (C=O) groups is 2. The second-order valence-electron chi connectivity index (χ2n) is 6.53. The highest BCUT2D eigenvalue weighted by Crippen LogP contribution is 2.11. The molecule has 0 aromatic carbocycles. The summed E-state index contributed by atoms with van der Waals surface area (Å²) in [4.78, 5) is 30.5. The summed E-state index contributed by atoms with van der Waals surface area (Å²) in [5, 5.41) is 0. The lowest BCUT2D eigenvalue weighted by molar-refractivity contribution is -0.136. The van der Waals surface area contributed by atoms with Gasteiger partial charge in [0.15, 0.2) is 5.76 Å². The minimum absolute atomic E-state index is 0.0769. The predicted octanol–water partition coefficient (Wildman–Crippen LogP) is 1.68. The number of hydrogen-bond acceptors (Lipinski definition) is 4. The van der Waals surface area contributed by atoms with Gasteiger partial charge in [0.25, 0.3) is 5.91 Å². The van der Waals surface area contributed by atoms with Crippen LogP contribution in [0.4, 0.5) is 0 Å². The van der Waals surface area contributed by atoms with E-state index >= 15 is 0 Å². The lowest BCUT2D eigenvalue weighted by Crippen LogP contribution is -2.53. The fourth-order valence-corrected chi connectivity index (χ4v) is 3.11. The molecule has 0 radical (unpaired) electrons. The van der Waals surface area contributed by atoms with Crippen LogP contribution in [0.1, 0.15) is 38.2 Å². The molecule has 1 saturated heterocycles. The van der Waals surface area contributed by atoms with Crippen molar-refractivity contribution in [2.24, 2.45) is 0 Å². The van der Waals surface area contributed by atoms with Gasteiger partial charge in [-0.2, -0.15) is 0 Å². The van der Waals surface area contributed by atoms with E-state index in [2.05, 4.69) is 4.90 Å². The van der Waals surface area contributed by atoms with Gasteiger partial charge in [0.05, 0.1) is 12.8 Å². The number of amides is 2. The summed E-state index contributed by atoms with van der Waals surface area (Å²) >= 11 is 0. The first kappa shape index (κ1) is 17.5. The van der Waals surface area contributed by atoms with Crippen molar-refractivity contribution in [3.05, 3.63) is 24.2 Å². The molecule has 0 bridgehead atoms. The van der Waals surface area contributed by atoms with Crippen LogP contribution in [0.3, 0.4) is 0 Å². The first-order valence-electron chi connectivity index (χ1n) is 8.26. The third-order valence-electron chi connectivity index (χ3n) is 4.15. The minimum Gasteiger partial charge on any atom is -0.459 e. The zero-order valence-corrected chi connectivity index (χ0v) is 14.5. The van der Waals surface area contributed by atoms with Gasteiger partial charge in [-0.15, -0.1) is 0 Å². The molecule has 0 saturated carbocycles. The highest BCUT2D eigenvalue weighted by Gasteiger charge is 2.27. The second-order valence-corrected chi connectivity index (χ2v) is 6.53. The van der Waals surface area contributed by atoms with E-state index in [1.54, 1.807) is 17.0 Å². The Morgan fingerprint density at radius 2 is 1.74 bits per heavy atom. The Kier molecular flexibility index (Phi) is 5.82. The highest BCUT2D eigenvalue weighted by atomic mass is 16.3. The summed E-state index contributed by atoms with van der Waals surface area (Å²) in [5.41, 5.74) is 0. The largest absolute Gasteiger partial charge is 0.459 e. The van der Waals surface area contributed by atoms with Crippen LogP contribution >= 0.6 is 0 Å². The van der Waals surface area contributed by atoms with Crippen molar-refractivity contribution in [1.29, 1.82) is 0 Å². The molecule has 1 aromatic rings. The molecule has 0 atom stereocenters. The Balaban J connectivity index is 1.85. The van der Waals surface area contributed by atoms with Crippen LogP contribution < -0.4 is 0 Å². The zero-order valence-electron chi connectivity index (χ0n) is 14.5. The molecule has 1 aromatic heterocycles. The number of rotatable bonds is 5. The van der Waals surface area contributed by atoms with Crippen LogP contribution in [0.2, 0.25) is 0 Å². The van der Waals surface area contributed by atoms with Crippen molar-refractivity contribution in [1.82, 2.24) is 14.7 Å². The van der Waals surface area contributed by atoms with E-state index in [0.29, 0.717) is 38.5 Å². The number of furan rings is 1. The molecule has 1 fully saturated rings. The van der Waals surface area contributed by atoms with E-state index in [1.807, 2.05) is 32.6 Å². The number of carbonyl (C=O) groups excluding carboxylic acids is 2. The van der Waals surface area contributed by atoms with Crippen molar-refractivity contribution in [2.45, 2.75) is 39.8 Å². The average Bonchev–Trinajstić information content (AvgIpc) is 3.00. The van der Waals surface area contributed by atoms with Crippen LogP contribution in [-0.4, -0.2) is 71.3 Å². The molecule has 6 nitrogen and oxygen atoms in total. The summed E-state index contributed by atoms with van der Waals surface area (Å²) in [6.07, 6.45) is 1.51. The topological polar surface area (TPSA) is 57.0 Å². The summed E-state index contributed by atoms with van der Waals surface area (Å²) in [5.74, 6) is 0.452. The molecular formula is C17H27N3O3. The van der Waals surface area contributed by atoms with Crippen molar-refractivity contribution in [3.63, 3.8) is 0 Å². The van der Waals surface area contributed by atoms with E-state index < -0.39 is 0 Å². The molecule has 0 N–H and O–H groups in total. The summed E-state index contributed by atoms with van der Waals surface area (Å²) < 4.78 is 5.16. The molecule has 2 rings (SSSR count). The van der Waals surface area contributed by atoms with Gasteiger partial charge in [0.1, 0.15) is 0 Å². The normalized spacial score (nSPS) is 16.2. The maximum absolute atomic E-state index is 12.5. The molecular weight excluding hydrogens is 294 g/mol. The maximum atomic E-state index is 12.5. The van der Waals surface area contributed by atoms with Crippen molar-refractivity contribution in [2.75, 3.05) is 32.7 Å². The van der Waals surface area contributed by atoms with Gasteiger partial charge in [-0.1, -0.05) is 0 Å². The van der Waals surface area contributed by atoms with Gasteiger partial charge in [-0.3, -0.25) is 14.5 Å². The Bertz CT molecular complexity index is 509. The zero-order chi connectivity index (χ0) is 17.0. The maximum Gasteiger partial charge on any atom is 0.289 e. The monoisotopic (exact) mass is 321 g/mol. The van der Waals surface area contributed by atoms with Gasteiger partial charge in [-0.05, 0) is 39.8 Å². The van der Waals surface area contributed by atoms with Crippen molar-refractivity contribution in [3.8, 4) is 0 Å². The quantitative estimate of drug-likeness (QED) is 0.828. The highest BCUT2D eigenvalue weighted by molar-refractivity contribution is 5.91. The lowest BCUT2D eigenvalue weighted by atomic mass is 10.2. The molecule has 2 amide bonds. The molecule has 1 aliphatic rings. The van der Waals surface area contributed by atoms with Gasteiger partial charge < -0.3 is 14.2 Å². The molecule has 0 unspecified atom stereocenters. The number of piperazine rings is 1. The molecule has 23 heavy (non-hydrogen) atoms. The third-order valence-corrected chi connectivity index (χ3v) is 4.15. The van der Waals surface area contributed by atoms with Crippen LogP contribution in [-0.2, 0) is 4.79 Å². The van der Waals surface area contributed by atoms with Gasteiger partial charge in [0, 0.05) is 38.3 Å². The first-order chi connectivity index (χ1) is 10.9. The summed E-state index contributed by atoms with van der Waals surface area (Å²) in [7, 11) is 0. The first-order valence-corrected chi connectivity index (χ1v) is 8.26. The minimum atomic E-state index is -0.0769. The molecule has 0 aliphatic carbocycles. The van der Waals surface area contributed by atoms with E-state index in [-0.39, 0.29) is 23.9 Å². The third kappa shape index (κ3) is 4.34. The molecule has 128 valence electrons. The van der Waals surface area contributed by atoms with Crippen LogP contribution in [0, 0.1) is 0 Å². The van der Waals surface area contributed by atoms with Crippen LogP contribution in [0.25, 0.3) is 0 Å². The van der Waals surface area contributed by atoms with Gasteiger partial charge >= 0.3 is 0 Å². The summed E-state index contributed by atoms with van der Waals surface area (Å²) in [6, 6.07) is 3.80. The second kappa shape index (κ2) is 7.64. The Hall–Kier alpha value is -1.82. The molecule has 1 aliphatic heterocycles. The number of nitrogens with zero attached hydrogens (tertiary/aromatic N) is 3. The molecule has 0 spiro atoms. The van der Waals surface area contributed by atoms with Crippen molar-refractivity contribution < 1.29 is 14.0 Å². The predicted molar refractivity (Wildman–Crippen MR) is 88.2 cm³/mol. The van der Waals surface area contributed by atoms with Gasteiger partial charge in [0.2, 0.25) is 5.91 Å². The van der Waals surface area contributed by atoms with Crippen molar-refractivity contribution >= 4 is 11.8 Å². The van der Waals surface area contributed by atoms with E-state index in [4.69, 9.17) is 4.42 Å². The van der Waals surface area contributed by atoms with Crippen LogP contribution in [0.5, 0.6) is 0 Å². The smallest absolute Gasteiger partial charge is 0.289 e. The van der Waals surface area contributed by atoms with Crippen LogP contribution in [0.15, 0.2) is 22.8 Å². The standard InChI is InChI=1S/C17H27N3O3/c1-13(2)20(14(3)4)16(21)12-18-7-9-19(10-8-18)17(22)15-6-5-11-23-15/h5-6,11,13-14H,7-10,12H2,1-4H3. The summed E-state index contributed by atoms with van der Waals surface area (Å²) in [6.45, 7) is 11.2. The lowest BCUT2D eigenvalue weighted by Gasteiger charge is -2.37. The fraction of sp³-hybridized carbons (Fsp3) is 0.647. The SMILES string of the molecule is CC(C)N(C(=O)CN1CCN(C(=O)c2ccco2)CC1)C(C)C. The average molecular weight is 321 g/mol. The van der Waals surface area contributed by atoms with E-state index in [1.165, 1.54) is 6.26 Å². The Morgan fingerprint density at radius 3 is 2.22 bits per heavy atom. The Morgan fingerprint density at radius 1 is 1.13 bits per heavy atom. The molecule has 2 heterocycles. The number of hydrogen-bond donors (Lipinski definition) is 0. The fourth-order valence-electron chi connectivity index (χ4n) is 3.11.